The lowest BCUT2D eigenvalue weighted by Crippen LogP contribution is -2.67. The second-order valence-electron chi connectivity index (χ2n) is 7.86. The first-order chi connectivity index (χ1) is 10.6. The molecule has 3 saturated carbocycles. The summed E-state index contributed by atoms with van der Waals surface area (Å²) in [5.74, 6) is 1.87. The van der Waals surface area contributed by atoms with Crippen LogP contribution >= 0.6 is 0 Å². The number of ether oxygens (including phenoxy) is 1. The molecule has 0 radical (unpaired) electrons. The maximum Gasteiger partial charge on any atom is 0.133 e. The smallest absolute Gasteiger partial charge is 0.133 e. The van der Waals surface area contributed by atoms with Crippen molar-refractivity contribution in [2.45, 2.75) is 58.2 Å². The van der Waals surface area contributed by atoms with Crippen molar-refractivity contribution < 1.29 is 9.53 Å². The predicted octanol–water partition coefficient (Wildman–Crippen LogP) is 4.38. The largest absolute Gasteiger partial charge is 0.369 e. The van der Waals surface area contributed by atoms with Crippen LogP contribution in [0.4, 0.5) is 0 Å². The summed E-state index contributed by atoms with van der Waals surface area (Å²) in [6.45, 7) is 4.90. The second kappa shape index (κ2) is 4.92. The average Bonchev–Trinajstić information content (AvgIpc) is 3.04. The van der Waals surface area contributed by atoms with E-state index >= 15 is 0 Å². The number of carbonyl (C=O) groups excluding carboxylic acids is 1. The molecule has 2 heteroatoms. The van der Waals surface area contributed by atoms with Crippen LogP contribution in [0.15, 0.2) is 30.3 Å². The second-order valence-corrected chi connectivity index (χ2v) is 7.86. The van der Waals surface area contributed by atoms with Crippen LogP contribution < -0.4 is 0 Å². The van der Waals surface area contributed by atoms with Gasteiger partial charge in [-0.25, -0.2) is 0 Å². The van der Waals surface area contributed by atoms with Gasteiger partial charge >= 0.3 is 0 Å². The number of fused-ring (bicyclic) bond motifs is 4. The van der Waals surface area contributed by atoms with Crippen LogP contribution in [-0.2, 0) is 16.1 Å². The van der Waals surface area contributed by atoms with Gasteiger partial charge < -0.3 is 4.74 Å². The molecule has 0 aromatic heterocycles. The number of Topliss-reactive ketones (excluding diaryl/α,β-unsaturated/α-hetero) is 1. The molecule has 0 spiro atoms. The zero-order valence-corrected chi connectivity index (χ0v) is 13.7. The van der Waals surface area contributed by atoms with Gasteiger partial charge in [-0.05, 0) is 50.0 Å². The minimum Gasteiger partial charge on any atom is -0.369 e. The molecule has 1 unspecified atom stereocenters. The van der Waals surface area contributed by atoms with Gasteiger partial charge in [-0.2, -0.15) is 0 Å². The molecule has 5 atom stereocenters. The fraction of sp³-hybridized carbons (Fsp3) is 0.650. The van der Waals surface area contributed by atoms with Crippen LogP contribution in [-0.4, -0.2) is 11.4 Å². The topological polar surface area (TPSA) is 26.3 Å². The fourth-order valence-corrected chi connectivity index (χ4v) is 6.14. The Morgan fingerprint density at radius 3 is 2.73 bits per heavy atom. The molecular formula is C20H26O2. The fourth-order valence-electron chi connectivity index (χ4n) is 6.14. The molecule has 118 valence electrons. The highest BCUT2D eigenvalue weighted by Crippen LogP contribution is 2.74. The van der Waals surface area contributed by atoms with Crippen molar-refractivity contribution in [1.29, 1.82) is 0 Å². The van der Waals surface area contributed by atoms with E-state index in [9.17, 15) is 4.79 Å². The molecule has 3 fully saturated rings. The van der Waals surface area contributed by atoms with Crippen LogP contribution in [0.3, 0.4) is 0 Å². The molecule has 0 saturated heterocycles. The molecule has 3 aliphatic carbocycles. The summed E-state index contributed by atoms with van der Waals surface area (Å²) in [6.07, 6.45) is 5.92. The average molecular weight is 298 g/mol. The van der Waals surface area contributed by atoms with Crippen LogP contribution in [0.25, 0.3) is 0 Å². The third-order valence-corrected chi connectivity index (χ3v) is 7.07. The summed E-state index contributed by atoms with van der Waals surface area (Å²) in [4.78, 5) is 12.0. The molecule has 0 N–H and O–H groups in total. The summed E-state index contributed by atoms with van der Waals surface area (Å²) in [6, 6.07) is 10.5. The van der Waals surface area contributed by atoms with Gasteiger partial charge in [0.2, 0.25) is 0 Å². The van der Waals surface area contributed by atoms with E-state index in [0.29, 0.717) is 30.1 Å². The molecule has 1 aromatic carbocycles. The highest BCUT2D eigenvalue weighted by atomic mass is 16.5. The Balaban J connectivity index is 1.57. The van der Waals surface area contributed by atoms with Gasteiger partial charge in [-0.3, -0.25) is 4.79 Å². The van der Waals surface area contributed by atoms with Gasteiger partial charge in [0.05, 0.1) is 12.2 Å². The Kier molecular flexibility index (Phi) is 3.23. The van der Waals surface area contributed by atoms with Crippen LogP contribution in [0.1, 0.15) is 51.5 Å². The summed E-state index contributed by atoms with van der Waals surface area (Å²) < 4.78 is 6.61. The number of hydrogen-bond acceptors (Lipinski definition) is 2. The van der Waals surface area contributed by atoms with E-state index in [2.05, 4.69) is 37.3 Å². The first-order valence-electron chi connectivity index (χ1n) is 8.77. The summed E-state index contributed by atoms with van der Waals surface area (Å²) in [5.41, 5.74) is 1.52. The molecule has 22 heavy (non-hydrogen) atoms. The lowest BCUT2D eigenvalue weighted by Gasteiger charge is -2.64. The van der Waals surface area contributed by atoms with Gasteiger partial charge in [0.15, 0.2) is 0 Å². The normalized spacial score (nSPS) is 42.5. The highest BCUT2D eigenvalue weighted by Gasteiger charge is 2.75. The van der Waals surface area contributed by atoms with Crippen LogP contribution in [0, 0.1) is 23.2 Å². The Morgan fingerprint density at radius 2 is 2.00 bits per heavy atom. The molecule has 0 bridgehead atoms. The Hall–Kier alpha value is -1.15. The standard InChI is InChI=1S/C20H26O2/c1-14(21)16-10-12-19(2)18(16)17-9-6-11-20(17,19)22-13-15-7-4-3-5-8-15/h3-5,7-8,16-18H,6,9-13H2,1-2H3/t16?,17-,18-,19-,20+/m0/s1. The number of benzene rings is 1. The van der Waals surface area contributed by atoms with Crippen LogP contribution in [0.5, 0.6) is 0 Å². The summed E-state index contributed by atoms with van der Waals surface area (Å²) >= 11 is 0. The number of rotatable bonds is 4. The third-order valence-electron chi connectivity index (χ3n) is 7.07. The lowest BCUT2D eigenvalue weighted by molar-refractivity contribution is -0.267. The van der Waals surface area contributed by atoms with E-state index in [1.54, 1.807) is 6.92 Å². The highest BCUT2D eigenvalue weighted by molar-refractivity contribution is 5.79. The summed E-state index contributed by atoms with van der Waals surface area (Å²) in [7, 11) is 0. The van der Waals surface area contributed by atoms with E-state index in [0.717, 1.165) is 12.8 Å². The van der Waals surface area contributed by atoms with Gasteiger partial charge in [-0.1, -0.05) is 43.7 Å². The monoisotopic (exact) mass is 298 g/mol. The quantitative estimate of drug-likeness (QED) is 0.824. The van der Waals surface area contributed by atoms with E-state index in [1.165, 1.54) is 24.8 Å². The Morgan fingerprint density at radius 1 is 1.23 bits per heavy atom. The molecule has 0 amide bonds. The maximum atomic E-state index is 12.0. The molecule has 0 aliphatic heterocycles. The minimum absolute atomic E-state index is 0.0394. The van der Waals surface area contributed by atoms with Crippen molar-refractivity contribution in [2.75, 3.05) is 0 Å². The molecular weight excluding hydrogens is 272 g/mol. The number of hydrogen-bond donors (Lipinski definition) is 0. The lowest BCUT2D eigenvalue weighted by atomic mass is 9.45. The first kappa shape index (κ1) is 14.4. The van der Waals surface area contributed by atoms with Gasteiger partial charge in [0, 0.05) is 11.3 Å². The van der Waals surface area contributed by atoms with Crippen molar-refractivity contribution in [3.05, 3.63) is 35.9 Å². The molecule has 2 nitrogen and oxygen atoms in total. The third kappa shape index (κ3) is 1.73. The zero-order valence-electron chi connectivity index (χ0n) is 13.7. The van der Waals surface area contributed by atoms with Crippen molar-refractivity contribution in [2.24, 2.45) is 23.2 Å². The van der Waals surface area contributed by atoms with Gasteiger partial charge in [-0.15, -0.1) is 0 Å². The number of carbonyl (C=O) groups is 1. The zero-order chi connectivity index (χ0) is 15.4. The molecule has 4 rings (SSSR count). The van der Waals surface area contributed by atoms with Crippen LogP contribution in [0.2, 0.25) is 0 Å². The van der Waals surface area contributed by atoms with E-state index < -0.39 is 0 Å². The molecule has 3 aliphatic rings. The van der Waals surface area contributed by atoms with Crippen molar-refractivity contribution in [1.82, 2.24) is 0 Å². The maximum absolute atomic E-state index is 12.0. The summed E-state index contributed by atoms with van der Waals surface area (Å²) in [5, 5.41) is 0. The molecule has 1 aromatic rings. The SMILES string of the molecule is CC(=O)C1CC[C@@]2(C)[C@@H]1[C@@H]1CCC[C@@]12OCc1ccccc1. The number of ketones is 1. The van der Waals surface area contributed by atoms with E-state index in [-0.39, 0.29) is 11.0 Å². The first-order valence-corrected chi connectivity index (χ1v) is 8.77. The van der Waals surface area contributed by atoms with Gasteiger partial charge in [0.25, 0.3) is 0 Å². The van der Waals surface area contributed by atoms with Crippen molar-refractivity contribution >= 4 is 5.78 Å². The van der Waals surface area contributed by atoms with E-state index in [4.69, 9.17) is 4.74 Å². The van der Waals surface area contributed by atoms with E-state index in [1.807, 2.05) is 0 Å². The van der Waals surface area contributed by atoms with Crippen molar-refractivity contribution in [3.8, 4) is 0 Å². The molecule has 0 heterocycles. The Bertz CT molecular complexity index is 581. The Labute approximate surface area is 133 Å². The predicted molar refractivity (Wildman–Crippen MR) is 86.3 cm³/mol. The minimum atomic E-state index is 0.0394. The van der Waals surface area contributed by atoms with Gasteiger partial charge in [0.1, 0.15) is 5.78 Å². The van der Waals surface area contributed by atoms with Crippen molar-refractivity contribution in [3.63, 3.8) is 0 Å².